The van der Waals surface area contributed by atoms with E-state index < -0.39 is 0 Å². The van der Waals surface area contributed by atoms with Crippen LogP contribution in [0.15, 0.2) is 0 Å². The maximum atomic E-state index is 3.67. The number of hydrogen-bond donors (Lipinski definition) is 1. The second-order valence-corrected chi connectivity index (χ2v) is 5.84. The Morgan fingerprint density at radius 1 is 1.25 bits per heavy atom. The van der Waals surface area contributed by atoms with Gasteiger partial charge in [-0.05, 0) is 58.0 Å². The highest BCUT2D eigenvalue weighted by atomic mass is 15.2. The van der Waals surface area contributed by atoms with E-state index in [2.05, 4.69) is 31.0 Å². The molecule has 0 bridgehead atoms. The second-order valence-electron chi connectivity index (χ2n) is 5.84. The van der Waals surface area contributed by atoms with Gasteiger partial charge in [-0.25, -0.2) is 0 Å². The zero-order chi connectivity index (χ0) is 11.5. The molecule has 1 aliphatic carbocycles. The molecule has 0 aromatic heterocycles. The van der Waals surface area contributed by atoms with Gasteiger partial charge in [-0.1, -0.05) is 13.8 Å². The fraction of sp³-hybridized carbons (Fsp3) is 1.00. The topological polar surface area (TPSA) is 15.3 Å². The summed E-state index contributed by atoms with van der Waals surface area (Å²) in [5.74, 6) is 0.785. The molecule has 2 heteroatoms. The van der Waals surface area contributed by atoms with Gasteiger partial charge in [-0.15, -0.1) is 0 Å². The van der Waals surface area contributed by atoms with Crippen LogP contribution < -0.4 is 5.32 Å². The molecule has 1 saturated carbocycles. The summed E-state index contributed by atoms with van der Waals surface area (Å²) in [6.45, 7) is 9.70. The van der Waals surface area contributed by atoms with E-state index in [4.69, 9.17) is 0 Å². The van der Waals surface area contributed by atoms with Crippen molar-refractivity contribution in [2.24, 2.45) is 5.92 Å². The Morgan fingerprint density at radius 2 is 2.00 bits per heavy atom. The summed E-state index contributed by atoms with van der Waals surface area (Å²) in [5.41, 5.74) is 0. The minimum absolute atomic E-state index is 0.749. The van der Waals surface area contributed by atoms with Gasteiger partial charge in [0.25, 0.3) is 0 Å². The summed E-state index contributed by atoms with van der Waals surface area (Å²) < 4.78 is 0. The highest BCUT2D eigenvalue weighted by Gasteiger charge is 2.30. The monoisotopic (exact) mass is 224 g/mol. The van der Waals surface area contributed by atoms with Gasteiger partial charge >= 0.3 is 0 Å². The van der Waals surface area contributed by atoms with Crippen LogP contribution in [0.25, 0.3) is 0 Å². The number of likely N-dealkylation sites (tertiary alicyclic amines) is 1. The molecule has 3 unspecified atom stereocenters. The molecule has 0 aromatic carbocycles. The van der Waals surface area contributed by atoms with Crippen LogP contribution in [0.3, 0.4) is 0 Å². The van der Waals surface area contributed by atoms with E-state index in [-0.39, 0.29) is 0 Å². The van der Waals surface area contributed by atoms with Gasteiger partial charge in [0.2, 0.25) is 0 Å². The van der Waals surface area contributed by atoms with Crippen molar-refractivity contribution in [2.75, 3.05) is 13.1 Å². The van der Waals surface area contributed by atoms with Crippen molar-refractivity contribution in [3.05, 3.63) is 0 Å². The molecule has 0 amide bonds. The zero-order valence-corrected chi connectivity index (χ0v) is 11.2. The molecule has 1 heterocycles. The van der Waals surface area contributed by atoms with Gasteiger partial charge in [0.05, 0.1) is 0 Å². The average Bonchev–Trinajstić information content (AvgIpc) is 3.00. The number of nitrogens with zero attached hydrogens (tertiary/aromatic N) is 1. The molecule has 1 aliphatic heterocycles. The average molecular weight is 224 g/mol. The van der Waals surface area contributed by atoms with Crippen LogP contribution in [0.2, 0.25) is 0 Å². The molecule has 16 heavy (non-hydrogen) atoms. The fourth-order valence-corrected chi connectivity index (χ4v) is 2.97. The van der Waals surface area contributed by atoms with Gasteiger partial charge in [-0.3, -0.25) is 4.90 Å². The van der Waals surface area contributed by atoms with Crippen LogP contribution in [0.1, 0.15) is 52.9 Å². The normalized spacial score (nSPS) is 30.6. The van der Waals surface area contributed by atoms with Crippen LogP contribution in [0, 0.1) is 5.92 Å². The third kappa shape index (κ3) is 2.98. The van der Waals surface area contributed by atoms with Crippen molar-refractivity contribution < 1.29 is 0 Å². The van der Waals surface area contributed by atoms with Crippen LogP contribution in [-0.4, -0.2) is 36.1 Å². The molecule has 2 aliphatic rings. The summed E-state index contributed by atoms with van der Waals surface area (Å²) in [6.07, 6.45) is 6.97. The minimum atomic E-state index is 0.749. The standard InChI is InChI=1S/C14H28N2/c1-4-14-6-5-9-16(14)12(3)11(2)10-15-13-7-8-13/h11-15H,4-10H2,1-3H3. The number of rotatable bonds is 6. The maximum Gasteiger partial charge on any atom is 0.0108 e. The Labute approximate surface area is 101 Å². The third-order valence-electron chi connectivity index (χ3n) is 4.55. The smallest absolute Gasteiger partial charge is 0.0108 e. The predicted octanol–water partition coefficient (Wildman–Crippen LogP) is 2.64. The summed E-state index contributed by atoms with van der Waals surface area (Å²) in [4.78, 5) is 2.75. The molecule has 0 spiro atoms. The van der Waals surface area contributed by atoms with E-state index in [9.17, 15) is 0 Å². The molecule has 0 aromatic rings. The lowest BCUT2D eigenvalue weighted by atomic mass is 10.0. The molecular weight excluding hydrogens is 196 g/mol. The first-order chi connectivity index (χ1) is 7.72. The molecular formula is C14H28N2. The SMILES string of the molecule is CCC1CCCN1C(C)C(C)CNC1CC1. The molecule has 1 saturated heterocycles. The van der Waals surface area contributed by atoms with Gasteiger partial charge in [0.15, 0.2) is 0 Å². The second kappa shape index (κ2) is 5.50. The van der Waals surface area contributed by atoms with E-state index in [1.807, 2.05) is 0 Å². The third-order valence-corrected chi connectivity index (χ3v) is 4.55. The highest BCUT2D eigenvalue weighted by molar-refractivity contribution is 4.87. The molecule has 2 nitrogen and oxygen atoms in total. The molecule has 94 valence electrons. The fourth-order valence-electron chi connectivity index (χ4n) is 2.97. The highest BCUT2D eigenvalue weighted by Crippen LogP contribution is 2.26. The molecule has 0 radical (unpaired) electrons. The number of nitrogens with one attached hydrogen (secondary N) is 1. The largest absolute Gasteiger partial charge is 0.314 e. The minimum Gasteiger partial charge on any atom is -0.314 e. The Morgan fingerprint density at radius 3 is 2.62 bits per heavy atom. The van der Waals surface area contributed by atoms with Crippen LogP contribution in [-0.2, 0) is 0 Å². The Balaban J connectivity index is 1.77. The van der Waals surface area contributed by atoms with Crippen molar-refractivity contribution in [3.8, 4) is 0 Å². The predicted molar refractivity (Wildman–Crippen MR) is 69.7 cm³/mol. The Hall–Kier alpha value is -0.0800. The van der Waals surface area contributed by atoms with Gasteiger partial charge in [-0.2, -0.15) is 0 Å². The molecule has 3 atom stereocenters. The van der Waals surface area contributed by atoms with Crippen molar-refractivity contribution >= 4 is 0 Å². The van der Waals surface area contributed by atoms with Crippen molar-refractivity contribution in [2.45, 2.75) is 71.0 Å². The number of hydrogen-bond acceptors (Lipinski definition) is 2. The molecule has 1 N–H and O–H groups in total. The maximum absolute atomic E-state index is 3.67. The van der Waals surface area contributed by atoms with Crippen molar-refractivity contribution in [1.82, 2.24) is 10.2 Å². The van der Waals surface area contributed by atoms with E-state index in [0.717, 1.165) is 24.0 Å². The van der Waals surface area contributed by atoms with Crippen LogP contribution >= 0.6 is 0 Å². The summed E-state index contributed by atoms with van der Waals surface area (Å²) >= 11 is 0. The lowest BCUT2D eigenvalue weighted by Crippen LogP contribution is -2.43. The van der Waals surface area contributed by atoms with Crippen LogP contribution in [0.5, 0.6) is 0 Å². The van der Waals surface area contributed by atoms with Gasteiger partial charge in [0.1, 0.15) is 0 Å². The first-order valence-electron chi connectivity index (χ1n) is 7.21. The van der Waals surface area contributed by atoms with Crippen molar-refractivity contribution in [1.29, 1.82) is 0 Å². The lowest BCUT2D eigenvalue weighted by Gasteiger charge is -2.34. The lowest BCUT2D eigenvalue weighted by molar-refractivity contribution is 0.142. The molecule has 2 fully saturated rings. The van der Waals surface area contributed by atoms with E-state index in [0.29, 0.717) is 0 Å². The summed E-state index contributed by atoms with van der Waals surface area (Å²) in [7, 11) is 0. The van der Waals surface area contributed by atoms with E-state index >= 15 is 0 Å². The first-order valence-corrected chi connectivity index (χ1v) is 7.21. The quantitative estimate of drug-likeness (QED) is 0.746. The Kier molecular flexibility index (Phi) is 4.26. The summed E-state index contributed by atoms with van der Waals surface area (Å²) in [5, 5.41) is 3.67. The van der Waals surface area contributed by atoms with Gasteiger partial charge < -0.3 is 5.32 Å². The van der Waals surface area contributed by atoms with Gasteiger partial charge in [0, 0.05) is 18.1 Å². The molecule has 2 rings (SSSR count). The Bertz CT molecular complexity index is 213. The first kappa shape index (κ1) is 12.4. The van der Waals surface area contributed by atoms with Crippen LogP contribution in [0.4, 0.5) is 0 Å². The summed E-state index contributed by atoms with van der Waals surface area (Å²) in [6, 6.07) is 2.47. The van der Waals surface area contributed by atoms with E-state index in [1.54, 1.807) is 0 Å². The van der Waals surface area contributed by atoms with Crippen molar-refractivity contribution in [3.63, 3.8) is 0 Å². The zero-order valence-electron chi connectivity index (χ0n) is 11.2. The van der Waals surface area contributed by atoms with E-state index in [1.165, 1.54) is 45.2 Å².